The molecule has 0 radical (unpaired) electrons. The van der Waals surface area contributed by atoms with Gasteiger partial charge in [-0.1, -0.05) is 6.92 Å². The third-order valence-electron chi connectivity index (χ3n) is 3.14. The fraction of sp³-hybridized carbons (Fsp3) is 0.692. The fourth-order valence-corrected chi connectivity index (χ4v) is 1.91. The Morgan fingerprint density at radius 2 is 2.17 bits per heavy atom. The SMILES string of the molecule is Cc1nn(C(C)C)cc1CC(C)CCC(=O)NN. The molecule has 1 heterocycles. The van der Waals surface area contributed by atoms with Crippen LogP contribution in [0.5, 0.6) is 0 Å². The molecule has 0 fully saturated rings. The van der Waals surface area contributed by atoms with Gasteiger partial charge in [0.2, 0.25) is 5.91 Å². The van der Waals surface area contributed by atoms with E-state index in [1.165, 1.54) is 5.56 Å². The Labute approximate surface area is 109 Å². The van der Waals surface area contributed by atoms with E-state index in [4.69, 9.17) is 5.84 Å². The molecule has 5 heteroatoms. The van der Waals surface area contributed by atoms with E-state index in [1.807, 2.05) is 11.6 Å². The summed E-state index contributed by atoms with van der Waals surface area (Å²) in [6.07, 6.45) is 4.39. The van der Waals surface area contributed by atoms with Crippen molar-refractivity contribution in [1.82, 2.24) is 15.2 Å². The molecule has 0 aliphatic rings. The second-order valence-corrected chi connectivity index (χ2v) is 5.23. The summed E-state index contributed by atoms with van der Waals surface area (Å²) >= 11 is 0. The monoisotopic (exact) mass is 252 g/mol. The van der Waals surface area contributed by atoms with Gasteiger partial charge in [-0.2, -0.15) is 5.10 Å². The molecule has 1 aromatic rings. The lowest BCUT2D eigenvalue weighted by molar-refractivity contribution is -0.121. The van der Waals surface area contributed by atoms with Gasteiger partial charge in [-0.25, -0.2) is 5.84 Å². The molecular formula is C13H24N4O. The van der Waals surface area contributed by atoms with E-state index in [9.17, 15) is 4.79 Å². The summed E-state index contributed by atoms with van der Waals surface area (Å²) in [5.74, 6) is 5.41. The van der Waals surface area contributed by atoms with Gasteiger partial charge in [0.05, 0.1) is 5.69 Å². The molecular weight excluding hydrogens is 228 g/mol. The molecule has 1 amide bonds. The number of nitrogens with two attached hydrogens (primary N) is 1. The first-order valence-corrected chi connectivity index (χ1v) is 6.48. The van der Waals surface area contributed by atoms with Crippen molar-refractivity contribution >= 4 is 5.91 Å². The zero-order chi connectivity index (χ0) is 13.7. The number of nitrogens with zero attached hydrogens (tertiary/aromatic N) is 2. The highest BCUT2D eigenvalue weighted by molar-refractivity contribution is 5.75. The third-order valence-corrected chi connectivity index (χ3v) is 3.14. The van der Waals surface area contributed by atoms with Crippen LogP contribution >= 0.6 is 0 Å². The molecule has 0 saturated carbocycles. The maximum atomic E-state index is 11.1. The molecule has 1 aromatic heterocycles. The van der Waals surface area contributed by atoms with Gasteiger partial charge in [-0.05, 0) is 45.1 Å². The summed E-state index contributed by atoms with van der Waals surface area (Å²) in [5.41, 5.74) is 4.51. The number of hydrogen-bond donors (Lipinski definition) is 2. The number of rotatable bonds is 6. The number of amides is 1. The second-order valence-electron chi connectivity index (χ2n) is 5.23. The summed E-state index contributed by atoms with van der Waals surface area (Å²) in [6.45, 7) is 8.42. The van der Waals surface area contributed by atoms with Gasteiger partial charge in [0, 0.05) is 18.7 Å². The minimum absolute atomic E-state index is 0.101. The Balaban J connectivity index is 2.53. The quantitative estimate of drug-likeness (QED) is 0.460. The molecule has 0 saturated heterocycles. The van der Waals surface area contributed by atoms with Crippen LogP contribution in [0.1, 0.15) is 50.9 Å². The largest absolute Gasteiger partial charge is 0.294 e. The predicted octanol–water partition coefficient (Wildman–Crippen LogP) is 1.72. The molecule has 0 aromatic carbocycles. The Morgan fingerprint density at radius 1 is 1.50 bits per heavy atom. The summed E-state index contributed by atoms with van der Waals surface area (Å²) in [5, 5.41) is 4.49. The maximum absolute atomic E-state index is 11.1. The van der Waals surface area contributed by atoms with Crippen molar-refractivity contribution in [1.29, 1.82) is 0 Å². The molecule has 18 heavy (non-hydrogen) atoms. The Hall–Kier alpha value is -1.36. The zero-order valence-electron chi connectivity index (χ0n) is 11.7. The van der Waals surface area contributed by atoms with Crippen molar-refractivity contribution in [2.45, 2.75) is 53.0 Å². The van der Waals surface area contributed by atoms with Crippen molar-refractivity contribution in [3.63, 3.8) is 0 Å². The highest BCUT2D eigenvalue weighted by Crippen LogP contribution is 2.17. The molecule has 1 rings (SSSR count). The molecule has 0 spiro atoms. The van der Waals surface area contributed by atoms with Gasteiger partial charge in [0.15, 0.2) is 0 Å². The number of aromatic nitrogens is 2. The predicted molar refractivity (Wildman–Crippen MR) is 71.8 cm³/mol. The molecule has 0 bridgehead atoms. The number of hydrogen-bond acceptors (Lipinski definition) is 3. The number of nitrogens with one attached hydrogen (secondary N) is 1. The van der Waals surface area contributed by atoms with Crippen molar-refractivity contribution in [2.75, 3.05) is 0 Å². The molecule has 5 nitrogen and oxygen atoms in total. The number of aryl methyl sites for hydroxylation is 1. The lowest BCUT2D eigenvalue weighted by Gasteiger charge is -2.09. The fourth-order valence-electron chi connectivity index (χ4n) is 1.91. The molecule has 0 aliphatic heterocycles. The molecule has 102 valence electrons. The van der Waals surface area contributed by atoms with Crippen LogP contribution in [-0.2, 0) is 11.2 Å². The summed E-state index contributed by atoms with van der Waals surface area (Å²) in [4.78, 5) is 11.1. The van der Waals surface area contributed by atoms with Crippen LogP contribution in [0.15, 0.2) is 6.20 Å². The van der Waals surface area contributed by atoms with Crippen LogP contribution in [0.4, 0.5) is 0 Å². The number of hydrazine groups is 1. The Bertz CT molecular complexity index is 398. The average Bonchev–Trinajstić information content (AvgIpc) is 2.68. The first-order valence-electron chi connectivity index (χ1n) is 6.48. The summed E-state index contributed by atoms with van der Waals surface area (Å²) < 4.78 is 1.99. The second kappa shape index (κ2) is 6.54. The minimum atomic E-state index is -0.101. The average molecular weight is 252 g/mol. The lowest BCUT2D eigenvalue weighted by Crippen LogP contribution is -2.30. The Morgan fingerprint density at radius 3 is 2.67 bits per heavy atom. The van der Waals surface area contributed by atoms with Crippen LogP contribution in [-0.4, -0.2) is 15.7 Å². The summed E-state index contributed by atoms with van der Waals surface area (Å²) in [6, 6.07) is 0.385. The van der Waals surface area contributed by atoms with Gasteiger partial charge in [0.25, 0.3) is 0 Å². The third kappa shape index (κ3) is 4.14. The van der Waals surface area contributed by atoms with E-state index < -0.39 is 0 Å². The standard InChI is InChI=1S/C13H24N4O/c1-9(2)17-8-12(11(4)16-17)7-10(3)5-6-13(18)15-14/h8-10H,5-7,14H2,1-4H3,(H,15,18). The van der Waals surface area contributed by atoms with Crippen LogP contribution < -0.4 is 11.3 Å². The maximum Gasteiger partial charge on any atom is 0.233 e. The van der Waals surface area contributed by atoms with E-state index in [1.54, 1.807) is 0 Å². The molecule has 1 atom stereocenters. The van der Waals surface area contributed by atoms with E-state index in [-0.39, 0.29) is 5.91 Å². The van der Waals surface area contributed by atoms with Crippen molar-refractivity contribution in [3.8, 4) is 0 Å². The van der Waals surface area contributed by atoms with Gasteiger partial charge in [0.1, 0.15) is 0 Å². The number of carbonyl (C=O) groups is 1. The van der Waals surface area contributed by atoms with Crippen molar-refractivity contribution < 1.29 is 4.79 Å². The molecule has 0 aliphatic carbocycles. The normalized spacial score (nSPS) is 12.8. The lowest BCUT2D eigenvalue weighted by atomic mass is 9.97. The van der Waals surface area contributed by atoms with Gasteiger partial charge >= 0.3 is 0 Å². The van der Waals surface area contributed by atoms with Crippen molar-refractivity contribution in [3.05, 3.63) is 17.5 Å². The highest BCUT2D eigenvalue weighted by atomic mass is 16.2. The first kappa shape index (κ1) is 14.7. The molecule has 1 unspecified atom stereocenters. The Kier molecular flexibility index (Phi) is 5.34. The van der Waals surface area contributed by atoms with Crippen LogP contribution in [0, 0.1) is 12.8 Å². The number of carbonyl (C=O) groups excluding carboxylic acids is 1. The van der Waals surface area contributed by atoms with Gasteiger partial charge < -0.3 is 0 Å². The van der Waals surface area contributed by atoms with Crippen LogP contribution in [0.25, 0.3) is 0 Å². The first-order chi connectivity index (χ1) is 8.43. The molecule has 3 N–H and O–H groups in total. The topological polar surface area (TPSA) is 72.9 Å². The van der Waals surface area contributed by atoms with Crippen LogP contribution in [0.3, 0.4) is 0 Å². The van der Waals surface area contributed by atoms with E-state index in [2.05, 4.69) is 37.5 Å². The van der Waals surface area contributed by atoms with Crippen molar-refractivity contribution in [2.24, 2.45) is 11.8 Å². The smallest absolute Gasteiger partial charge is 0.233 e. The zero-order valence-corrected chi connectivity index (χ0v) is 11.7. The van der Waals surface area contributed by atoms with E-state index in [0.29, 0.717) is 18.4 Å². The van der Waals surface area contributed by atoms with E-state index >= 15 is 0 Å². The van der Waals surface area contributed by atoms with Crippen LogP contribution in [0.2, 0.25) is 0 Å². The highest BCUT2D eigenvalue weighted by Gasteiger charge is 2.12. The summed E-state index contributed by atoms with van der Waals surface area (Å²) in [7, 11) is 0. The minimum Gasteiger partial charge on any atom is -0.294 e. The van der Waals surface area contributed by atoms with E-state index in [0.717, 1.165) is 18.5 Å². The van der Waals surface area contributed by atoms with Gasteiger partial charge in [-0.15, -0.1) is 0 Å². The van der Waals surface area contributed by atoms with Gasteiger partial charge in [-0.3, -0.25) is 14.9 Å².